The number of hydrogen-bond acceptors (Lipinski definition) is 5. The summed E-state index contributed by atoms with van der Waals surface area (Å²) < 4.78 is 5.73. The van der Waals surface area contributed by atoms with Crippen molar-refractivity contribution in [2.75, 3.05) is 0 Å². The molecule has 0 amide bonds. The average Bonchev–Trinajstić information content (AvgIpc) is 3.13. The third kappa shape index (κ3) is 2.56. The van der Waals surface area contributed by atoms with Gasteiger partial charge in [-0.2, -0.15) is 9.90 Å². The van der Waals surface area contributed by atoms with Crippen LogP contribution >= 0.6 is 0 Å². The first-order chi connectivity index (χ1) is 10.2. The molecule has 3 aromatic rings. The van der Waals surface area contributed by atoms with Crippen LogP contribution in [0.15, 0.2) is 28.7 Å². The standard InChI is InChI=1S/C15H17N5O/c1-4-11-6-8-12(9-7-11)14-16-17-15(21-14)13-10(3)18-20(5-2)19-13/h6-9H,4-5H2,1-3H3. The lowest BCUT2D eigenvalue weighted by atomic mass is 10.1. The SMILES string of the molecule is CCc1ccc(-c2nnc(-c3nn(CC)nc3C)o2)cc1. The van der Waals surface area contributed by atoms with Gasteiger partial charge in [0.15, 0.2) is 5.69 Å². The Morgan fingerprint density at radius 1 is 1.00 bits per heavy atom. The molecular formula is C15H17N5O. The Bertz CT molecular complexity index is 742. The van der Waals surface area contributed by atoms with E-state index in [9.17, 15) is 0 Å². The maximum Gasteiger partial charge on any atom is 0.270 e. The summed E-state index contributed by atoms with van der Waals surface area (Å²) >= 11 is 0. The maximum absolute atomic E-state index is 5.73. The third-order valence-electron chi connectivity index (χ3n) is 3.34. The summed E-state index contributed by atoms with van der Waals surface area (Å²) in [5.41, 5.74) is 3.61. The van der Waals surface area contributed by atoms with Crippen molar-refractivity contribution >= 4 is 0 Å². The van der Waals surface area contributed by atoms with Gasteiger partial charge in [0.2, 0.25) is 5.89 Å². The summed E-state index contributed by atoms with van der Waals surface area (Å²) in [4.78, 5) is 1.62. The molecule has 6 heteroatoms. The number of aryl methyl sites for hydroxylation is 3. The lowest BCUT2D eigenvalue weighted by molar-refractivity contribution is 0.557. The van der Waals surface area contributed by atoms with Crippen LogP contribution in [-0.2, 0) is 13.0 Å². The van der Waals surface area contributed by atoms with Gasteiger partial charge in [0, 0.05) is 5.56 Å². The highest BCUT2D eigenvalue weighted by atomic mass is 16.4. The number of nitrogens with zero attached hydrogens (tertiary/aromatic N) is 5. The summed E-state index contributed by atoms with van der Waals surface area (Å²) in [5, 5.41) is 16.8. The van der Waals surface area contributed by atoms with Gasteiger partial charge in [-0.25, -0.2) is 0 Å². The fourth-order valence-corrected chi connectivity index (χ4v) is 2.09. The van der Waals surface area contributed by atoms with Gasteiger partial charge in [0.1, 0.15) is 0 Å². The zero-order valence-corrected chi connectivity index (χ0v) is 12.4. The molecule has 0 saturated heterocycles. The minimum Gasteiger partial charge on any atom is -0.414 e. The fraction of sp³-hybridized carbons (Fsp3) is 0.333. The van der Waals surface area contributed by atoms with Crippen molar-refractivity contribution in [2.45, 2.75) is 33.7 Å². The van der Waals surface area contributed by atoms with Crippen molar-refractivity contribution in [2.24, 2.45) is 0 Å². The predicted molar refractivity (Wildman–Crippen MR) is 78.5 cm³/mol. The fourth-order valence-electron chi connectivity index (χ4n) is 2.09. The molecule has 0 fully saturated rings. The minimum atomic E-state index is 0.404. The molecule has 6 nitrogen and oxygen atoms in total. The normalized spacial score (nSPS) is 11.0. The first-order valence-electron chi connectivity index (χ1n) is 7.06. The van der Waals surface area contributed by atoms with Gasteiger partial charge < -0.3 is 4.42 Å². The maximum atomic E-state index is 5.73. The van der Waals surface area contributed by atoms with Crippen LogP contribution in [0.4, 0.5) is 0 Å². The second-order valence-corrected chi connectivity index (χ2v) is 4.79. The molecule has 2 aromatic heterocycles. The van der Waals surface area contributed by atoms with Crippen LogP contribution in [0, 0.1) is 6.92 Å². The second-order valence-electron chi connectivity index (χ2n) is 4.79. The molecule has 21 heavy (non-hydrogen) atoms. The molecule has 0 spiro atoms. The average molecular weight is 283 g/mol. The summed E-state index contributed by atoms with van der Waals surface area (Å²) in [5.74, 6) is 0.903. The van der Waals surface area contributed by atoms with E-state index >= 15 is 0 Å². The molecular weight excluding hydrogens is 266 g/mol. The van der Waals surface area contributed by atoms with E-state index in [0.717, 1.165) is 17.7 Å². The van der Waals surface area contributed by atoms with Crippen LogP contribution < -0.4 is 0 Å². The molecule has 108 valence electrons. The number of benzene rings is 1. The van der Waals surface area contributed by atoms with E-state index in [-0.39, 0.29) is 0 Å². The van der Waals surface area contributed by atoms with Gasteiger partial charge in [0.25, 0.3) is 5.89 Å². The molecule has 0 bridgehead atoms. The second kappa shape index (κ2) is 5.47. The number of rotatable bonds is 4. The molecule has 0 unspecified atom stereocenters. The highest BCUT2D eigenvalue weighted by molar-refractivity contribution is 5.56. The number of aromatic nitrogens is 5. The van der Waals surface area contributed by atoms with Crippen LogP contribution in [0.2, 0.25) is 0 Å². The quantitative estimate of drug-likeness (QED) is 0.736. The summed E-state index contributed by atoms with van der Waals surface area (Å²) in [7, 11) is 0. The zero-order chi connectivity index (χ0) is 14.8. The van der Waals surface area contributed by atoms with Gasteiger partial charge >= 0.3 is 0 Å². The lowest BCUT2D eigenvalue weighted by Crippen LogP contribution is -1.98. The molecule has 0 aliphatic heterocycles. The number of hydrogen-bond donors (Lipinski definition) is 0. The van der Waals surface area contributed by atoms with E-state index in [4.69, 9.17) is 4.42 Å². The molecule has 0 atom stereocenters. The van der Waals surface area contributed by atoms with E-state index in [2.05, 4.69) is 39.5 Å². The first-order valence-corrected chi connectivity index (χ1v) is 7.06. The van der Waals surface area contributed by atoms with Crippen molar-refractivity contribution in [3.8, 4) is 23.0 Å². The van der Waals surface area contributed by atoms with E-state index < -0.39 is 0 Å². The minimum absolute atomic E-state index is 0.404. The van der Waals surface area contributed by atoms with Crippen LogP contribution in [0.3, 0.4) is 0 Å². The van der Waals surface area contributed by atoms with Crippen LogP contribution in [-0.4, -0.2) is 25.2 Å². The summed E-state index contributed by atoms with van der Waals surface area (Å²) in [6.45, 7) is 6.70. The highest BCUT2D eigenvalue weighted by Crippen LogP contribution is 2.24. The van der Waals surface area contributed by atoms with Crippen molar-refractivity contribution in [1.82, 2.24) is 25.2 Å². The molecule has 0 N–H and O–H groups in total. The van der Waals surface area contributed by atoms with Gasteiger partial charge in [-0.15, -0.1) is 15.3 Å². The molecule has 2 heterocycles. The molecule has 3 rings (SSSR count). The van der Waals surface area contributed by atoms with Gasteiger partial charge in [0.05, 0.1) is 12.2 Å². The van der Waals surface area contributed by atoms with E-state index in [1.165, 1.54) is 5.56 Å². The molecule has 0 aliphatic rings. The molecule has 1 aromatic carbocycles. The Kier molecular flexibility index (Phi) is 3.51. The van der Waals surface area contributed by atoms with Crippen LogP contribution in [0.5, 0.6) is 0 Å². The van der Waals surface area contributed by atoms with E-state index in [0.29, 0.717) is 24.0 Å². The summed E-state index contributed by atoms with van der Waals surface area (Å²) in [6, 6.07) is 8.12. The third-order valence-corrected chi connectivity index (χ3v) is 3.34. The van der Waals surface area contributed by atoms with Crippen LogP contribution in [0.1, 0.15) is 25.1 Å². The molecule has 0 aliphatic carbocycles. The van der Waals surface area contributed by atoms with Crippen molar-refractivity contribution in [1.29, 1.82) is 0 Å². The van der Waals surface area contributed by atoms with Crippen LogP contribution in [0.25, 0.3) is 23.0 Å². The Morgan fingerprint density at radius 2 is 1.71 bits per heavy atom. The van der Waals surface area contributed by atoms with Gasteiger partial charge in [-0.05, 0) is 38.0 Å². The van der Waals surface area contributed by atoms with Gasteiger partial charge in [-0.1, -0.05) is 19.1 Å². The molecule has 0 saturated carbocycles. The van der Waals surface area contributed by atoms with E-state index in [1.54, 1.807) is 4.80 Å². The highest BCUT2D eigenvalue weighted by Gasteiger charge is 2.16. The van der Waals surface area contributed by atoms with Crippen molar-refractivity contribution in [3.05, 3.63) is 35.5 Å². The Hall–Kier alpha value is -2.50. The van der Waals surface area contributed by atoms with Crippen molar-refractivity contribution < 1.29 is 4.42 Å². The lowest BCUT2D eigenvalue weighted by Gasteiger charge is -1.97. The smallest absolute Gasteiger partial charge is 0.270 e. The van der Waals surface area contributed by atoms with Gasteiger partial charge in [-0.3, -0.25) is 0 Å². The Morgan fingerprint density at radius 3 is 2.33 bits per heavy atom. The Balaban J connectivity index is 1.93. The van der Waals surface area contributed by atoms with Crippen molar-refractivity contribution in [3.63, 3.8) is 0 Å². The zero-order valence-electron chi connectivity index (χ0n) is 12.4. The first kappa shape index (κ1) is 13.5. The Labute approximate surface area is 122 Å². The topological polar surface area (TPSA) is 69.6 Å². The largest absolute Gasteiger partial charge is 0.414 e. The molecule has 0 radical (unpaired) electrons. The summed E-state index contributed by atoms with van der Waals surface area (Å²) in [6.07, 6.45) is 1.01. The van der Waals surface area contributed by atoms with E-state index in [1.807, 2.05) is 26.0 Å². The monoisotopic (exact) mass is 283 g/mol. The predicted octanol–water partition coefficient (Wildman–Crippen LogP) is 2.89.